The van der Waals surface area contributed by atoms with E-state index in [1.807, 2.05) is 37.4 Å². The standard InChI is InChI=1S/C18H17F3N2O2S/c1-22-9-10-23(13(11-22)12-5-3-2-4-6-12)17(25)15-8-7-14(26-15)16(24)18(19,20)21/h2-8,13H,9-11H2,1H3/t13-/m1/s1. The molecule has 2 heterocycles. The van der Waals surface area contributed by atoms with Gasteiger partial charge in [0.25, 0.3) is 11.7 Å². The van der Waals surface area contributed by atoms with Crippen LogP contribution in [0.2, 0.25) is 0 Å². The second kappa shape index (κ2) is 7.20. The maximum Gasteiger partial charge on any atom is 0.455 e. The molecule has 8 heteroatoms. The Morgan fingerprint density at radius 3 is 2.35 bits per heavy atom. The average Bonchev–Trinajstić information content (AvgIpc) is 3.10. The molecule has 1 atom stereocenters. The molecule has 2 aromatic rings. The number of amides is 1. The summed E-state index contributed by atoms with van der Waals surface area (Å²) in [6, 6.07) is 11.7. The number of ketones is 1. The third kappa shape index (κ3) is 3.81. The number of thiophene rings is 1. The lowest BCUT2D eigenvalue weighted by molar-refractivity contribution is -0.0882. The van der Waals surface area contributed by atoms with Gasteiger partial charge in [0.2, 0.25) is 0 Å². The van der Waals surface area contributed by atoms with Crippen molar-refractivity contribution in [3.8, 4) is 0 Å². The highest BCUT2D eigenvalue weighted by Gasteiger charge is 2.40. The van der Waals surface area contributed by atoms with Gasteiger partial charge in [-0.25, -0.2) is 0 Å². The van der Waals surface area contributed by atoms with Gasteiger partial charge in [-0.3, -0.25) is 9.59 Å². The molecule has 1 aliphatic heterocycles. The molecule has 1 aromatic heterocycles. The van der Waals surface area contributed by atoms with Crippen LogP contribution in [-0.4, -0.2) is 54.3 Å². The first-order valence-corrected chi connectivity index (χ1v) is 8.85. The Morgan fingerprint density at radius 1 is 1.04 bits per heavy atom. The van der Waals surface area contributed by atoms with E-state index in [0.717, 1.165) is 11.6 Å². The maximum atomic E-state index is 12.9. The zero-order valence-corrected chi connectivity index (χ0v) is 14.8. The van der Waals surface area contributed by atoms with E-state index >= 15 is 0 Å². The van der Waals surface area contributed by atoms with Crippen LogP contribution in [0.25, 0.3) is 0 Å². The van der Waals surface area contributed by atoms with Crippen molar-refractivity contribution in [2.75, 3.05) is 26.7 Å². The number of carbonyl (C=O) groups excluding carboxylic acids is 2. The summed E-state index contributed by atoms with van der Waals surface area (Å²) in [6.45, 7) is 1.78. The number of benzene rings is 1. The number of Topliss-reactive ketones (excluding diaryl/α,β-unsaturated/α-hetero) is 1. The molecular formula is C18H17F3N2O2S. The van der Waals surface area contributed by atoms with Crippen molar-refractivity contribution in [1.82, 2.24) is 9.80 Å². The second-order valence-electron chi connectivity index (χ2n) is 6.18. The summed E-state index contributed by atoms with van der Waals surface area (Å²) in [5.41, 5.74) is 0.968. The SMILES string of the molecule is CN1CCN(C(=O)c2ccc(C(=O)C(F)(F)F)s2)[C@@H](c2ccccc2)C1. The highest BCUT2D eigenvalue weighted by atomic mass is 32.1. The third-order valence-electron chi connectivity index (χ3n) is 4.33. The molecule has 138 valence electrons. The summed E-state index contributed by atoms with van der Waals surface area (Å²) in [5, 5.41) is 0. The Hall–Kier alpha value is -2.19. The number of likely N-dealkylation sites (N-methyl/N-ethyl adjacent to an activating group) is 1. The van der Waals surface area contributed by atoms with Crippen molar-refractivity contribution in [2.45, 2.75) is 12.2 Å². The number of rotatable bonds is 3. The molecule has 0 bridgehead atoms. The van der Waals surface area contributed by atoms with Crippen LogP contribution in [0.3, 0.4) is 0 Å². The average molecular weight is 382 g/mol. The van der Waals surface area contributed by atoms with Gasteiger partial charge < -0.3 is 9.80 Å². The minimum atomic E-state index is -4.94. The Balaban J connectivity index is 1.86. The van der Waals surface area contributed by atoms with E-state index in [4.69, 9.17) is 0 Å². The maximum absolute atomic E-state index is 12.9. The van der Waals surface area contributed by atoms with Crippen LogP contribution in [0, 0.1) is 0 Å². The zero-order chi connectivity index (χ0) is 18.9. The van der Waals surface area contributed by atoms with Gasteiger partial charge in [-0.15, -0.1) is 11.3 Å². The highest BCUT2D eigenvalue weighted by Crippen LogP contribution is 2.30. The highest BCUT2D eigenvalue weighted by molar-refractivity contribution is 7.16. The molecular weight excluding hydrogens is 365 g/mol. The Morgan fingerprint density at radius 2 is 1.69 bits per heavy atom. The van der Waals surface area contributed by atoms with E-state index in [1.54, 1.807) is 4.90 Å². The zero-order valence-electron chi connectivity index (χ0n) is 14.0. The number of piperazine rings is 1. The summed E-state index contributed by atoms with van der Waals surface area (Å²) in [5.74, 6) is -2.27. The van der Waals surface area contributed by atoms with Crippen LogP contribution in [0.5, 0.6) is 0 Å². The number of halogens is 3. The normalized spacial score (nSPS) is 18.8. The molecule has 0 radical (unpaired) electrons. The molecule has 0 N–H and O–H groups in total. The van der Waals surface area contributed by atoms with Gasteiger partial charge in [0.1, 0.15) is 0 Å². The fraction of sp³-hybridized carbons (Fsp3) is 0.333. The fourth-order valence-electron chi connectivity index (χ4n) is 2.98. The first-order valence-electron chi connectivity index (χ1n) is 8.03. The topological polar surface area (TPSA) is 40.6 Å². The summed E-state index contributed by atoms with van der Waals surface area (Å²) < 4.78 is 37.7. The lowest BCUT2D eigenvalue weighted by Gasteiger charge is -2.40. The largest absolute Gasteiger partial charge is 0.455 e. The van der Waals surface area contributed by atoms with Gasteiger partial charge in [-0.2, -0.15) is 13.2 Å². The van der Waals surface area contributed by atoms with Crippen LogP contribution in [0.15, 0.2) is 42.5 Å². The van der Waals surface area contributed by atoms with E-state index in [1.165, 1.54) is 6.07 Å². The van der Waals surface area contributed by atoms with Crippen molar-refractivity contribution < 1.29 is 22.8 Å². The third-order valence-corrected chi connectivity index (χ3v) is 5.40. The molecule has 4 nitrogen and oxygen atoms in total. The van der Waals surface area contributed by atoms with E-state index in [9.17, 15) is 22.8 Å². The number of alkyl halides is 3. The lowest BCUT2D eigenvalue weighted by Crippen LogP contribution is -2.49. The van der Waals surface area contributed by atoms with Crippen molar-refractivity contribution >= 4 is 23.0 Å². The molecule has 0 spiro atoms. The lowest BCUT2D eigenvalue weighted by atomic mass is 10.0. The second-order valence-corrected chi connectivity index (χ2v) is 7.26. The number of hydrogen-bond donors (Lipinski definition) is 0. The molecule has 0 saturated carbocycles. The van der Waals surface area contributed by atoms with Gasteiger partial charge in [-0.1, -0.05) is 30.3 Å². The fourth-order valence-corrected chi connectivity index (χ4v) is 3.90. The van der Waals surface area contributed by atoms with E-state index in [-0.39, 0.29) is 16.8 Å². The minimum Gasteiger partial charge on any atom is -0.328 e. The summed E-state index contributed by atoms with van der Waals surface area (Å²) in [7, 11) is 1.96. The summed E-state index contributed by atoms with van der Waals surface area (Å²) in [6.07, 6.45) is -4.94. The van der Waals surface area contributed by atoms with Gasteiger partial charge in [0, 0.05) is 19.6 Å². The minimum absolute atomic E-state index is 0.142. The molecule has 1 aromatic carbocycles. The quantitative estimate of drug-likeness (QED) is 0.762. The van der Waals surface area contributed by atoms with E-state index < -0.39 is 16.8 Å². The Labute approximate surface area is 152 Å². The first kappa shape index (κ1) is 18.6. The van der Waals surface area contributed by atoms with Crippen LogP contribution in [-0.2, 0) is 0 Å². The molecule has 26 heavy (non-hydrogen) atoms. The molecule has 1 aliphatic rings. The van der Waals surface area contributed by atoms with Gasteiger partial charge in [0.05, 0.1) is 15.8 Å². The van der Waals surface area contributed by atoms with Crippen LogP contribution >= 0.6 is 11.3 Å². The van der Waals surface area contributed by atoms with Crippen LogP contribution in [0.4, 0.5) is 13.2 Å². The molecule has 0 aliphatic carbocycles. The number of carbonyl (C=O) groups is 2. The predicted octanol–water partition coefficient (Wildman–Crippen LogP) is 3.62. The van der Waals surface area contributed by atoms with Crippen LogP contribution < -0.4 is 0 Å². The summed E-state index contributed by atoms with van der Waals surface area (Å²) in [4.78, 5) is 27.7. The molecule has 1 saturated heterocycles. The van der Waals surface area contributed by atoms with Gasteiger partial charge in [-0.05, 0) is 24.7 Å². The Bertz CT molecular complexity index is 804. The van der Waals surface area contributed by atoms with Crippen molar-refractivity contribution in [2.24, 2.45) is 0 Å². The molecule has 1 amide bonds. The molecule has 1 fully saturated rings. The Kier molecular flexibility index (Phi) is 5.15. The smallest absolute Gasteiger partial charge is 0.328 e. The van der Waals surface area contributed by atoms with Gasteiger partial charge >= 0.3 is 6.18 Å². The van der Waals surface area contributed by atoms with Gasteiger partial charge in [0.15, 0.2) is 0 Å². The van der Waals surface area contributed by atoms with Crippen LogP contribution in [0.1, 0.15) is 30.9 Å². The number of nitrogens with zero attached hydrogens (tertiary/aromatic N) is 2. The molecule has 0 unspecified atom stereocenters. The summed E-state index contributed by atoms with van der Waals surface area (Å²) >= 11 is 0.593. The van der Waals surface area contributed by atoms with E-state index in [2.05, 4.69) is 4.90 Å². The monoisotopic (exact) mass is 382 g/mol. The van der Waals surface area contributed by atoms with E-state index in [0.29, 0.717) is 31.0 Å². The van der Waals surface area contributed by atoms with Crippen molar-refractivity contribution in [1.29, 1.82) is 0 Å². The predicted molar refractivity (Wildman–Crippen MR) is 92.4 cm³/mol. The first-order chi connectivity index (χ1) is 12.3. The molecule has 3 rings (SSSR count). The number of hydrogen-bond acceptors (Lipinski definition) is 4. The van der Waals surface area contributed by atoms with Crippen molar-refractivity contribution in [3.05, 3.63) is 57.8 Å². The van der Waals surface area contributed by atoms with Crippen molar-refractivity contribution in [3.63, 3.8) is 0 Å².